The van der Waals surface area contributed by atoms with E-state index in [1.165, 1.54) is 12.8 Å². The molecule has 4 heterocycles. The van der Waals surface area contributed by atoms with Gasteiger partial charge in [-0.1, -0.05) is 0 Å². The Bertz CT molecular complexity index is 710. The van der Waals surface area contributed by atoms with Crippen LogP contribution in [0.5, 0.6) is 0 Å². The van der Waals surface area contributed by atoms with Gasteiger partial charge in [0.15, 0.2) is 0 Å². The van der Waals surface area contributed by atoms with Crippen molar-refractivity contribution in [2.24, 2.45) is 12.5 Å². The van der Waals surface area contributed by atoms with E-state index < -0.39 is 0 Å². The van der Waals surface area contributed by atoms with Gasteiger partial charge in [-0.05, 0) is 43.8 Å². The Hall–Kier alpha value is -1.99. The molecule has 0 amide bonds. The van der Waals surface area contributed by atoms with Gasteiger partial charge in [0.2, 0.25) is 5.95 Å². The number of likely N-dealkylation sites (tertiary alicyclic amines) is 1. The first kappa shape index (κ1) is 17.4. The maximum absolute atomic E-state index is 5.50. The molecule has 2 saturated heterocycles. The normalized spacial score (nSPS) is 23.0. The molecule has 1 atom stereocenters. The van der Waals surface area contributed by atoms with Crippen molar-refractivity contribution < 1.29 is 4.74 Å². The summed E-state index contributed by atoms with van der Waals surface area (Å²) in [4.78, 5) is 18.3. The fourth-order valence-electron chi connectivity index (χ4n) is 4.48. The lowest BCUT2D eigenvalue weighted by Gasteiger charge is -2.39. The molecule has 2 aliphatic heterocycles. The standard InChI is InChI=1S/C19H28N6O/c1-23-11-8-20-17(23)13-24-9-4-19(5-10-24)12-16(14-26-2)25(15-19)18-21-6-3-7-22-18/h3,6-8,11,16H,4-5,9-10,12-15H2,1-2H3/t16-/m1/s1. The minimum Gasteiger partial charge on any atom is -0.383 e. The summed E-state index contributed by atoms with van der Waals surface area (Å²) >= 11 is 0. The van der Waals surface area contributed by atoms with Crippen LogP contribution in [0.2, 0.25) is 0 Å². The molecular weight excluding hydrogens is 328 g/mol. The van der Waals surface area contributed by atoms with E-state index in [1.807, 2.05) is 30.9 Å². The molecule has 0 bridgehead atoms. The van der Waals surface area contributed by atoms with Gasteiger partial charge in [-0.2, -0.15) is 0 Å². The number of methoxy groups -OCH3 is 1. The third-order valence-electron chi connectivity index (χ3n) is 5.99. The van der Waals surface area contributed by atoms with Gasteiger partial charge in [-0.3, -0.25) is 4.90 Å². The lowest BCUT2D eigenvalue weighted by Crippen LogP contribution is -2.41. The Morgan fingerprint density at radius 2 is 1.92 bits per heavy atom. The average molecular weight is 356 g/mol. The first-order chi connectivity index (χ1) is 12.7. The quantitative estimate of drug-likeness (QED) is 0.813. The van der Waals surface area contributed by atoms with Gasteiger partial charge in [0.1, 0.15) is 5.82 Å². The maximum atomic E-state index is 5.50. The van der Waals surface area contributed by atoms with Crippen molar-refractivity contribution in [3.8, 4) is 0 Å². The fraction of sp³-hybridized carbons (Fsp3) is 0.632. The van der Waals surface area contributed by atoms with Crippen molar-refractivity contribution in [2.45, 2.75) is 31.8 Å². The smallest absolute Gasteiger partial charge is 0.225 e. The van der Waals surface area contributed by atoms with Gasteiger partial charge < -0.3 is 14.2 Å². The van der Waals surface area contributed by atoms with Crippen LogP contribution in [0.1, 0.15) is 25.1 Å². The van der Waals surface area contributed by atoms with E-state index in [1.54, 1.807) is 7.11 Å². The Labute approximate surface area is 155 Å². The van der Waals surface area contributed by atoms with E-state index in [-0.39, 0.29) is 0 Å². The molecule has 0 unspecified atom stereocenters. The van der Waals surface area contributed by atoms with E-state index in [0.29, 0.717) is 11.5 Å². The number of rotatable bonds is 5. The van der Waals surface area contributed by atoms with Crippen LogP contribution in [-0.2, 0) is 18.3 Å². The van der Waals surface area contributed by atoms with Crippen LogP contribution in [0.4, 0.5) is 5.95 Å². The van der Waals surface area contributed by atoms with Crippen LogP contribution >= 0.6 is 0 Å². The number of imidazole rings is 1. The van der Waals surface area contributed by atoms with Crippen molar-refractivity contribution in [2.75, 3.05) is 38.3 Å². The third-order valence-corrected chi connectivity index (χ3v) is 5.99. The van der Waals surface area contributed by atoms with Gasteiger partial charge in [-0.25, -0.2) is 15.0 Å². The van der Waals surface area contributed by atoms with Crippen molar-refractivity contribution in [1.82, 2.24) is 24.4 Å². The number of nitrogens with zero attached hydrogens (tertiary/aromatic N) is 6. The molecule has 2 aliphatic rings. The van der Waals surface area contributed by atoms with Crippen molar-refractivity contribution in [3.63, 3.8) is 0 Å². The lowest BCUT2D eigenvalue weighted by atomic mass is 9.76. The van der Waals surface area contributed by atoms with E-state index >= 15 is 0 Å². The molecule has 7 heteroatoms. The Kier molecular flexibility index (Phi) is 4.91. The first-order valence-corrected chi connectivity index (χ1v) is 9.40. The summed E-state index contributed by atoms with van der Waals surface area (Å²) in [5.41, 5.74) is 0.348. The monoisotopic (exact) mass is 356 g/mol. The SMILES string of the molecule is COC[C@H]1CC2(CCN(Cc3nccn3C)CC2)CN1c1ncccn1. The summed E-state index contributed by atoms with van der Waals surface area (Å²) in [7, 11) is 3.85. The second-order valence-corrected chi connectivity index (χ2v) is 7.72. The highest BCUT2D eigenvalue weighted by atomic mass is 16.5. The number of anilines is 1. The predicted molar refractivity (Wildman–Crippen MR) is 99.8 cm³/mol. The highest BCUT2D eigenvalue weighted by molar-refractivity contribution is 5.35. The zero-order valence-electron chi connectivity index (χ0n) is 15.7. The summed E-state index contributed by atoms with van der Waals surface area (Å²) in [5.74, 6) is 1.98. The molecule has 26 heavy (non-hydrogen) atoms. The average Bonchev–Trinajstić information content (AvgIpc) is 3.22. The second kappa shape index (κ2) is 7.32. The van der Waals surface area contributed by atoms with Gasteiger partial charge >= 0.3 is 0 Å². The second-order valence-electron chi connectivity index (χ2n) is 7.72. The zero-order valence-corrected chi connectivity index (χ0v) is 15.7. The summed E-state index contributed by atoms with van der Waals surface area (Å²) in [5, 5.41) is 0. The summed E-state index contributed by atoms with van der Waals surface area (Å²) < 4.78 is 7.61. The summed E-state index contributed by atoms with van der Waals surface area (Å²) in [6, 6.07) is 2.24. The highest BCUT2D eigenvalue weighted by Gasteiger charge is 2.46. The fourth-order valence-corrected chi connectivity index (χ4v) is 4.48. The van der Waals surface area contributed by atoms with Gasteiger partial charge in [-0.15, -0.1) is 0 Å². The first-order valence-electron chi connectivity index (χ1n) is 9.40. The Balaban J connectivity index is 1.42. The number of piperidine rings is 1. The molecule has 4 rings (SSSR count). The molecule has 1 spiro atoms. The van der Waals surface area contributed by atoms with Crippen LogP contribution in [0.15, 0.2) is 30.9 Å². The Morgan fingerprint density at radius 3 is 2.58 bits per heavy atom. The molecule has 0 radical (unpaired) electrons. The summed E-state index contributed by atoms with van der Waals surface area (Å²) in [6.07, 6.45) is 11.1. The van der Waals surface area contributed by atoms with Crippen LogP contribution < -0.4 is 4.90 Å². The number of aromatic nitrogens is 4. The third kappa shape index (κ3) is 3.46. The minimum atomic E-state index is 0.348. The van der Waals surface area contributed by atoms with Crippen LogP contribution in [0.25, 0.3) is 0 Å². The molecule has 2 aromatic heterocycles. The molecular formula is C19H28N6O. The zero-order chi connectivity index (χ0) is 18.0. The van der Waals surface area contributed by atoms with Crippen LogP contribution in [0, 0.1) is 5.41 Å². The van der Waals surface area contributed by atoms with Crippen LogP contribution in [0.3, 0.4) is 0 Å². The number of aryl methyl sites for hydroxylation is 1. The van der Waals surface area contributed by atoms with Crippen molar-refractivity contribution >= 4 is 5.95 Å². The van der Waals surface area contributed by atoms with Gasteiger partial charge in [0.05, 0.1) is 19.2 Å². The molecule has 0 N–H and O–H groups in total. The molecule has 140 valence electrons. The molecule has 2 fully saturated rings. The number of hydrogen-bond acceptors (Lipinski definition) is 6. The highest BCUT2D eigenvalue weighted by Crippen LogP contribution is 2.44. The molecule has 0 aliphatic carbocycles. The van der Waals surface area contributed by atoms with Gasteiger partial charge in [0, 0.05) is 45.5 Å². The van der Waals surface area contributed by atoms with Gasteiger partial charge in [0.25, 0.3) is 0 Å². The molecule has 2 aromatic rings. The van der Waals surface area contributed by atoms with E-state index in [4.69, 9.17) is 4.74 Å². The molecule has 0 saturated carbocycles. The largest absolute Gasteiger partial charge is 0.383 e. The maximum Gasteiger partial charge on any atom is 0.225 e. The molecule has 7 nitrogen and oxygen atoms in total. The lowest BCUT2D eigenvalue weighted by molar-refractivity contribution is 0.103. The Morgan fingerprint density at radius 1 is 1.15 bits per heavy atom. The number of ether oxygens (including phenoxy) is 1. The van der Waals surface area contributed by atoms with Crippen molar-refractivity contribution in [1.29, 1.82) is 0 Å². The molecule has 0 aromatic carbocycles. The summed E-state index contributed by atoms with van der Waals surface area (Å²) in [6.45, 7) is 4.94. The topological polar surface area (TPSA) is 59.3 Å². The van der Waals surface area contributed by atoms with E-state index in [0.717, 1.165) is 51.0 Å². The van der Waals surface area contributed by atoms with E-state index in [2.05, 4.69) is 36.4 Å². The van der Waals surface area contributed by atoms with Crippen LogP contribution in [-0.4, -0.2) is 63.8 Å². The minimum absolute atomic E-state index is 0.348. The van der Waals surface area contributed by atoms with Crippen molar-refractivity contribution in [3.05, 3.63) is 36.7 Å². The number of hydrogen-bond donors (Lipinski definition) is 0. The predicted octanol–water partition coefficient (Wildman–Crippen LogP) is 1.72. The van der Waals surface area contributed by atoms with E-state index in [9.17, 15) is 0 Å².